The minimum absolute atomic E-state index is 0.0609. The van der Waals surface area contributed by atoms with Gasteiger partial charge in [0.25, 0.3) is 0 Å². The Hall–Kier alpha value is -1.89. The lowest BCUT2D eigenvalue weighted by Gasteiger charge is -2.38. The lowest BCUT2D eigenvalue weighted by Crippen LogP contribution is -2.53. The summed E-state index contributed by atoms with van der Waals surface area (Å²) in [6.45, 7) is 10.5. The van der Waals surface area contributed by atoms with Crippen LogP contribution >= 0.6 is 0 Å². The standard InChI is InChI=1S/C21H36N6O/c1-3-17-28-21(9-6-5-7-10-21)18-25-19(22-4-2)26-13-15-27(16-14-26)20-23-11-8-12-24-20/h8,11-12H,3-7,9-10,13-18H2,1-2H3,(H,22,25). The van der Waals surface area contributed by atoms with Gasteiger partial charge in [-0.3, -0.25) is 4.99 Å². The molecule has 1 saturated carbocycles. The first-order valence-electron chi connectivity index (χ1n) is 11.0. The summed E-state index contributed by atoms with van der Waals surface area (Å²) in [5.41, 5.74) is -0.0609. The van der Waals surface area contributed by atoms with Gasteiger partial charge >= 0.3 is 0 Å². The molecule has 1 aliphatic heterocycles. The van der Waals surface area contributed by atoms with Crippen LogP contribution in [0.2, 0.25) is 0 Å². The normalized spacial score (nSPS) is 20.3. The SMILES string of the molecule is CCCOC1(CN=C(NCC)N2CCN(c3ncccn3)CC2)CCCCC1. The van der Waals surface area contributed by atoms with E-state index in [2.05, 4.69) is 38.9 Å². The molecule has 2 heterocycles. The Morgan fingerprint density at radius 1 is 1.11 bits per heavy atom. The van der Waals surface area contributed by atoms with Crippen LogP contribution in [-0.2, 0) is 4.74 Å². The number of hydrogen-bond acceptors (Lipinski definition) is 5. The molecule has 156 valence electrons. The molecule has 0 spiro atoms. The molecule has 1 aromatic heterocycles. The van der Waals surface area contributed by atoms with E-state index in [9.17, 15) is 0 Å². The van der Waals surface area contributed by atoms with Crippen molar-refractivity contribution in [2.24, 2.45) is 4.99 Å². The quantitative estimate of drug-likeness (QED) is 0.572. The average molecular weight is 389 g/mol. The maximum absolute atomic E-state index is 6.33. The van der Waals surface area contributed by atoms with Crippen LogP contribution in [0.15, 0.2) is 23.5 Å². The van der Waals surface area contributed by atoms with Gasteiger partial charge in [0.2, 0.25) is 5.95 Å². The highest BCUT2D eigenvalue weighted by atomic mass is 16.5. The zero-order valence-corrected chi connectivity index (χ0v) is 17.6. The van der Waals surface area contributed by atoms with Gasteiger partial charge in [-0.15, -0.1) is 0 Å². The number of aromatic nitrogens is 2. The summed E-state index contributed by atoms with van der Waals surface area (Å²) < 4.78 is 6.33. The van der Waals surface area contributed by atoms with Crippen molar-refractivity contribution in [2.75, 3.05) is 50.8 Å². The highest BCUT2D eigenvalue weighted by Crippen LogP contribution is 2.32. The second-order valence-corrected chi connectivity index (χ2v) is 7.79. The van der Waals surface area contributed by atoms with Crippen LogP contribution in [-0.4, -0.2) is 72.3 Å². The van der Waals surface area contributed by atoms with E-state index in [-0.39, 0.29) is 5.60 Å². The number of anilines is 1. The summed E-state index contributed by atoms with van der Waals surface area (Å²) in [5, 5.41) is 3.49. The highest BCUT2D eigenvalue weighted by molar-refractivity contribution is 5.80. The lowest BCUT2D eigenvalue weighted by atomic mass is 9.84. The molecule has 0 radical (unpaired) electrons. The van der Waals surface area contributed by atoms with Gasteiger partial charge in [-0.25, -0.2) is 9.97 Å². The molecular weight excluding hydrogens is 352 g/mol. The van der Waals surface area contributed by atoms with Crippen LogP contribution in [0.4, 0.5) is 5.95 Å². The molecule has 0 aromatic carbocycles. The van der Waals surface area contributed by atoms with E-state index >= 15 is 0 Å². The van der Waals surface area contributed by atoms with Gasteiger partial charge in [0.15, 0.2) is 5.96 Å². The average Bonchev–Trinajstić information content (AvgIpc) is 2.77. The molecule has 2 fully saturated rings. The zero-order valence-electron chi connectivity index (χ0n) is 17.6. The van der Waals surface area contributed by atoms with Crippen molar-refractivity contribution in [3.05, 3.63) is 18.5 Å². The smallest absolute Gasteiger partial charge is 0.225 e. The van der Waals surface area contributed by atoms with Gasteiger partial charge in [-0.2, -0.15) is 0 Å². The molecule has 0 amide bonds. The van der Waals surface area contributed by atoms with Crippen molar-refractivity contribution in [3.8, 4) is 0 Å². The van der Waals surface area contributed by atoms with Crippen molar-refractivity contribution in [1.29, 1.82) is 0 Å². The van der Waals surface area contributed by atoms with Crippen LogP contribution in [0, 0.1) is 0 Å². The molecule has 28 heavy (non-hydrogen) atoms. The maximum Gasteiger partial charge on any atom is 0.225 e. The van der Waals surface area contributed by atoms with E-state index in [1.54, 1.807) is 12.4 Å². The van der Waals surface area contributed by atoms with Crippen molar-refractivity contribution in [2.45, 2.75) is 58.0 Å². The van der Waals surface area contributed by atoms with Crippen molar-refractivity contribution < 1.29 is 4.74 Å². The number of hydrogen-bond donors (Lipinski definition) is 1. The largest absolute Gasteiger partial charge is 0.373 e. The minimum atomic E-state index is -0.0609. The van der Waals surface area contributed by atoms with E-state index in [1.807, 2.05) is 6.07 Å². The third kappa shape index (κ3) is 5.56. The summed E-state index contributed by atoms with van der Waals surface area (Å²) in [4.78, 5) is 18.4. The van der Waals surface area contributed by atoms with E-state index in [1.165, 1.54) is 19.3 Å². The topological polar surface area (TPSA) is 65.9 Å². The second kappa shape index (κ2) is 10.6. The Labute approximate surface area is 169 Å². The van der Waals surface area contributed by atoms with Crippen molar-refractivity contribution >= 4 is 11.9 Å². The fraction of sp³-hybridized carbons (Fsp3) is 0.762. The number of rotatable bonds is 7. The lowest BCUT2D eigenvalue weighted by molar-refractivity contribution is -0.0625. The van der Waals surface area contributed by atoms with E-state index in [0.29, 0.717) is 0 Å². The first-order chi connectivity index (χ1) is 13.8. The number of nitrogens with zero attached hydrogens (tertiary/aromatic N) is 5. The molecule has 1 N–H and O–H groups in total. The van der Waals surface area contributed by atoms with Gasteiger partial charge in [0.1, 0.15) is 0 Å². The van der Waals surface area contributed by atoms with Gasteiger partial charge in [-0.1, -0.05) is 26.2 Å². The summed E-state index contributed by atoms with van der Waals surface area (Å²) in [6, 6.07) is 1.86. The third-order valence-electron chi connectivity index (χ3n) is 5.64. The number of nitrogens with one attached hydrogen (secondary N) is 1. The molecule has 7 heteroatoms. The highest BCUT2D eigenvalue weighted by Gasteiger charge is 2.33. The van der Waals surface area contributed by atoms with Gasteiger partial charge in [0, 0.05) is 51.7 Å². The number of aliphatic imine (C=N–C) groups is 1. The molecule has 1 aliphatic carbocycles. The van der Waals surface area contributed by atoms with E-state index in [0.717, 1.165) is 77.0 Å². The summed E-state index contributed by atoms with van der Waals surface area (Å²) in [7, 11) is 0. The molecule has 0 atom stereocenters. The summed E-state index contributed by atoms with van der Waals surface area (Å²) >= 11 is 0. The third-order valence-corrected chi connectivity index (χ3v) is 5.64. The van der Waals surface area contributed by atoms with Crippen LogP contribution in [0.5, 0.6) is 0 Å². The maximum atomic E-state index is 6.33. The molecule has 3 rings (SSSR count). The Bertz CT molecular complexity index is 594. The molecule has 7 nitrogen and oxygen atoms in total. The first kappa shape index (κ1) is 20.8. The second-order valence-electron chi connectivity index (χ2n) is 7.79. The first-order valence-corrected chi connectivity index (χ1v) is 11.0. The van der Waals surface area contributed by atoms with Crippen LogP contribution in [0.25, 0.3) is 0 Å². The minimum Gasteiger partial charge on any atom is -0.373 e. The Morgan fingerprint density at radius 3 is 2.46 bits per heavy atom. The summed E-state index contributed by atoms with van der Waals surface area (Å²) in [5.74, 6) is 1.83. The molecule has 0 bridgehead atoms. The molecule has 1 aromatic rings. The van der Waals surface area contributed by atoms with Gasteiger partial charge in [0.05, 0.1) is 12.1 Å². The Morgan fingerprint density at radius 2 is 1.82 bits per heavy atom. The molecular formula is C21H36N6O. The summed E-state index contributed by atoms with van der Waals surface area (Å²) in [6.07, 6.45) is 10.8. The van der Waals surface area contributed by atoms with Gasteiger partial charge < -0.3 is 19.9 Å². The number of guanidine groups is 1. The molecule has 1 saturated heterocycles. The van der Waals surface area contributed by atoms with Crippen LogP contribution in [0.3, 0.4) is 0 Å². The predicted octanol–water partition coefficient (Wildman–Crippen LogP) is 2.69. The molecule has 2 aliphatic rings. The Balaban J connectivity index is 1.62. The van der Waals surface area contributed by atoms with Gasteiger partial charge in [-0.05, 0) is 32.3 Å². The fourth-order valence-electron chi connectivity index (χ4n) is 4.08. The van der Waals surface area contributed by atoms with E-state index < -0.39 is 0 Å². The van der Waals surface area contributed by atoms with Crippen LogP contribution in [0.1, 0.15) is 52.4 Å². The predicted molar refractivity (Wildman–Crippen MR) is 114 cm³/mol. The monoisotopic (exact) mass is 388 g/mol. The number of ether oxygens (including phenoxy) is 1. The Kier molecular flexibility index (Phi) is 7.89. The molecule has 0 unspecified atom stereocenters. The number of piperazine rings is 1. The van der Waals surface area contributed by atoms with Crippen molar-refractivity contribution in [1.82, 2.24) is 20.2 Å². The van der Waals surface area contributed by atoms with Crippen LogP contribution < -0.4 is 10.2 Å². The fourth-order valence-corrected chi connectivity index (χ4v) is 4.08. The van der Waals surface area contributed by atoms with Crippen molar-refractivity contribution in [3.63, 3.8) is 0 Å². The zero-order chi connectivity index (χ0) is 19.7. The van der Waals surface area contributed by atoms with E-state index in [4.69, 9.17) is 9.73 Å².